The summed E-state index contributed by atoms with van der Waals surface area (Å²) in [5, 5.41) is 3.81. The minimum absolute atomic E-state index is 0.175. The number of hydrogen-bond donors (Lipinski definition) is 1. The van der Waals surface area contributed by atoms with Crippen LogP contribution in [0.25, 0.3) is 0 Å². The highest BCUT2D eigenvalue weighted by Crippen LogP contribution is 2.33. The summed E-state index contributed by atoms with van der Waals surface area (Å²) in [5.74, 6) is -0.359. The molecule has 0 unspecified atom stereocenters. The maximum absolute atomic E-state index is 13.3. The van der Waals surface area contributed by atoms with Crippen LogP contribution in [0, 0.1) is 6.92 Å². The van der Waals surface area contributed by atoms with Gasteiger partial charge in [-0.1, -0.05) is 35.9 Å². The number of para-hydroxylation sites is 1. The quantitative estimate of drug-likeness (QED) is 0.364. The second kappa shape index (κ2) is 10.6. The lowest BCUT2D eigenvalue weighted by Crippen LogP contribution is -2.39. The Morgan fingerprint density at radius 3 is 2.40 bits per heavy atom. The fourth-order valence-electron chi connectivity index (χ4n) is 3.10. The molecule has 0 aliphatic heterocycles. The van der Waals surface area contributed by atoms with Crippen LogP contribution in [-0.4, -0.2) is 34.2 Å². The molecule has 35 heavy (non-hydrogen) atoms. The van der Waals surface area contributed by atoms with Gasteiger partial charge in [-0.2, -0.15) is 18.3 Å². The Hall–Kier alpha value is -3.86. The molecule has 0 bridgehead atoms. The monoisotopic (exact) mass is 505 g/mol. The molecule has 3 aromatic carbocycles. The number of nitrogens with zero attached hydrogens (tertiary/aromatic N) is 2. The first-order valence-electron chi connectivity index (χ1n) is 10.2. The van der Waals surface area contributed by atoms with Gasteiger partial charge < -0.3 is 4.74 Å². The minimum Gasteiger partial charge on any atom is -0.496 e. The molecule has 3 aromatic rings. The Morgan fingerprint density at radius 1 is 1.06 bits per heavy atom. The van der Waals surface area contributed by atoms with Crippen LogP contribution in [0.5, 0.6) is 5.75 Å². The van der Waals surface area contributed by atoms with Crippen molar-refractivity contribution in [2.45, 2.75) is 18.0 Å². The van der Waals surface area contributed by atoms with Crippen LogP contribution in [0.3, 0.4) is 0 Å². The molecule has 1 amide bonds. The molecule has 0 aromatic heterocycles. The summed E-state index contributed by atoms with van der Waals surface area (Å²) in [7, 11) is -2.92. The number of hydrogen-bond acceptors (Lipinski definition) is 5. The van der Waals surface area contributed by atoms with Crippen molar-refractivity contribution < 1.29 is 31.1 Å². The number of rotatable bonds is 8. The van der Waals surface area contributed by atoms with Crippen molar-refractivity contribution in [1.29, 1.82) is 0 Å². The number of methoxy groups -OCH3 is 1. The SMILES string of the molecule is COc1ccccc1/C=N\NC(=O)CN(c1cccc(C(F)(F)F)c1)S(=O)(=O)c1ccc(C)cc1. The molecule has 1 N–H and O–H groups in total. The van der Waals surface area contributed by atoms with Crippen molar-refractivity contribution >= 4 is 27.8 Å². The Labute approximate surface area is 200 Å². The predicted molar refractivity (Wildman–Crippen MR) is 126 cm³/mol. The van der Waals surface area contributed by atoms with E-state index in [1.54, 1.807) is 43.3 Å². The Balaban J connectivity index is 1.92. The van der Waals surface area contributed by atoms with E-state index in [0.717, 1.165) is 17.7 Å². The number of anilines is 1. The number of alkyl halides is 3. The van der Waals surface area contributed by atoms with Gasteiger partial charge in [-0.15, -0.1) is 0 Å². The van der Waals surface area contributed by atoms with E-state index in [2.05, 4.69) is 10.5 Å². The van der Waals surface area contributed by atoms with Gasteiger partial charge in [-0.25, -0.2) is 13.8 Å². The lowest BCUT2D eigenvalue weighted by atomic mass is 10.2. The van der Waals surface area contributed by atoms with Crippen molar-refractivity contribution in [1.82, 2.24) is 5.43 Å². The second-order valence-corrected chi connectivity index (χ2v) is 9.27. The van der Waals surface area contributed by atoms with E-state index in [9.17, 15) is 26.4 Å². The number of aryl methyl sites for hydroxylation is 1. The average molecular weight is 506 g/mol. The van der Waals surface area contributed by atoms with E-state index in [0.29, 0.717) is 21.7 Å². The molecule has 0 spiro atoms. The number of hydrazone groups is 1. The minimum atomic E-state index is -4.70. The maximum atomic E-state index is 13.3. The van der Waals surface area contributed by atoms with E-state index < -0.39 is 34.2 Å². The number of sulfonamides is 1. The number of halogens is 3. The summed E-state index contributed by atoms with van der Waals surface area (Å²) >= 11 is 0. The lowest BCUT2D eigenvalue weighted by Gasteiger charge is -2.24. The molecule has 0 saturated carbocycles. The standard InChI is InChI=1S/C24H22F3N3O4S/c1-17-10-12-21(13-11-17)35(32,33)30(20-8-5-7-19(14-20)24(25,26)27)16-23(31)29-28-15-18-6-3-4-9-22(18)34-2/h3-15H,16H2,1-2H3,(H,29,31)/b28-15-. The summed E-state index contributed by atoms with van der Waals surface area (Å²) in [6.45, 7) is 0.953. The van der Waals surface area contributed by atoms with Gasteiger partial charge in [-0.3, -0.25) is 9.10 Å². The van der Waals surface area contributed by atoms with E-state index in [4.69, 9.17) is 4.74 Å². The van der Waals surface area contributed by atoms with Crippen molar-refractivity contribution in [3.05, 3.63) is 89.5 Å². The molecule has 0 heterocycles. The van der Waals surface area contributed by atoms with Crippen LogP contribution in [0.2, 0.25) is 0 Å². The summed E-state index contributed by atoms with van der Waals surface area (Å²) in [6.07, 6.45) is -3.39. The molecule has 0 aliphatic rings. The van der Waals surface area contributed by atoms with Gasteiger partial charge in [0.05, 0.1) is 29.5 Å². The van der Waals surface area contributed by atoms with Gasteiger partial charge >= 0.3 is 6.18 Å². The number of amides is 1. The van der Waals surface area contributed by atoms with Crippen LogP contribution in [0.15, 0.2) is 82.8 Å². The molecule has 0 atom stereocenters. The first-order chi connectivity index (χ1) is 16.5. The van der Waals surface area contributed by atoms with Crippen molar-refractivity contribution in [2.24, 2.45) is 5.10 Å². The van der Waals surface area contributed by atoms with E-state index in [-0.39, 0.29) is 10.6 Å². The highest BCUT2D eigenvalue weighted by Gasteiger charge is 2.33. The number of carbonyl (C=O) groups is 1. The molecule has 0 aliphatic carbocycles. The van der Waals surface area contributed by atoms with Gasteiger partial charge in [0.1, 0.15) is 12.3 Å². The Bertz CT molecular complexity index is 1320. The van der Waals surface area contributed by atoms with Gasteiger partial charge in [0, 0.05) is 5.56 Å². The number of ether oxygens (including phenoxy) is 1. The Kier molecular flexibility index (Phi) is 7.80. The van der Waals surface area contributed by atoms with Gasteiger partial charge in [0.15, 0.2) is 0 Å². The molecule has 0 radical (unpaired) electrons. The van der Waals surface area contributed by atoms with Gasteiger partial charge in [-0.05, 0) is 49.4 Å². The smallest absolute Gasteiger partial charge is 0.416 e. The number of carbonyl (C=O) groups excluding carboxylic acids is 1. The molecular formula is C24H22F3N3O4S. The topological polar surface area (TPSA) is 88.1 Å². The van der Waals surface area contributed by atoms with Crippen LogP contribution in [0.4, 0.5) is 18.9 Å². The molecule has 0 saturated heterocycles. The van der Waals surface area contributed by atoms with Gasteiger partial charge in [0.2, 0.25) is 0 Å². The second-order valence-electron chi connectivity index (χ2n) is 7.41. The van der Waals surface area contributed by atoms with Crippen LogP contribution < -0.4 is 14.5 Å². The molecule has 7 nitrogen and oxygen atoms in total. The molecule has 11 heteroatoms. The number of benzene rings is 3. The van der Waals surface area contributed by atoms with Crippen LogP contribution >= 0.6 is 0 Å². The molecular weight excluding hydrogens is 483 g/mol. The van der Waals surface area contributed by atoms with E-state index >= 15 is 0 Å². The Morgan fingerprint density at radius 2 is 1.74 bits per heavy atom. The normalized spacial score (nSPS) is 11.9. The molecule has 3 rings (SSSR count). The third kappa shape index (κ3) is 6.38. The van der Waals surface area contributed by atoms with Crippen LogP contribution in [0.1, 0.15) is 16.7 Å². The maximum Gasteiger partial charge on any atom is 0.416 e. The lowest BCUT2D eigenvalue weighted by molar-refractivity contribution is -0.137. The van der Waals surface area contributed by atoms with Crippen LogP contribution in [-0.2, 0) is 21.0 Å². The predicted octanol–water partition coefficient (Wildman–Crippen LogP) is 4.37. The third-order valence-corrected chi connectivity index (χ3v) is 6.68. The number of nitrogens with one attached hydrogen (secondary N) is 1. The van der Waals surface area contributed by atoms with Crippen molar-refractivity contribution in [2.75, 3.05) is 18.0 Å². The third-order valence-electron chi connectivity index (χ3n) is 4.89. The average Bonchev–Trinajstić information content (AvgIpc) is 2.82. The molecule has 184 valence electrons. The zero-order valence-corrected chi connectivity index (χ0v) is 19.6. The first kappa shape index (κ1) is 25.8. The summed E-state index contributed by atoms with van der Waals surface area (Å²) in [4.78, 5) is 12.4. The van der Waals surface area contributed by atoms with Crippen molar-refractivity contribution in [3.63, 3.8) is 0 Å². The summed E-state index contributed by atoms with van der Waals surface area (Å²) in [5.41, 5.74) is 2.19. The van der Waals surface area contributed by atoms with E-state index in [1.165, 1.54) is 31.5 Å². The highest BCUT2D eigenvalue weighted by molar-refractivity contribution is 7.92. The zero-order valence-electron chi connectivity index (χ0n) is 18.8. The van der Waals surface area contributed by atoms with Gasteiger partial charge in [0.25, 0.3) is 15.9 Å². The first-order valence-corrected chi connectivity index (χ1v) is 11.7. The fraction of sp³-hybridized carbons (Fsp3) is 0.167. The fourth-order valence-corrected chi connectivity index (χ4v) is 4.52. The largest absolute Gasteiger partial charge is 0.496 e. The highest BCUT2D eigenvalue weighted by atomic mass is 32.2. The zero-order chi connectivity index (χ0) is 25.6. The summed E-state index contributed by atoms with van der Waals surface area (Å²) < 4.78 is 72.3. The van der Waals surface area contributed by atoms with Crippen molar-refractivity contribution in [3.8, 4) is 5.75 Å². The van der Waals surface area contributed by atoms with E-state index in [1.807, 2.05) is 0 Å². The summed E-state index contributed by atoms with van der Waals surface area (Å²) in [6, 6.07) is 16.4. The molecule has 0 fully saturated rings.